The molecule has 3 N–H and O–H groups in total. The molecule has 0 aliphatic heterocycles. The molecule has 0 unspecified atom stereocenters. The lowest BCUT2D eigenvalue weighted by atomic mass is 10.0. The van der Waals surface area contributed by atoms with Crippen LogP contribution in [0.3, 0.4) is 0 Å². The lowest BCUT2D eigenvalue weighted by Crippen LogP contribution is -2.46. The zero-order chi connectivity index (χ0) is 29.1. The largest absolute Gasteiger partial charge is 0.497 e. The van der Waals surface area contributed by atoms with Crippen molar-refractivity contribution in [3.63, 3.8) is 0 Å². The molecule has 1 aromatic heterocycles. The van der Waals surface area contributed by atoms with Crippen molar-refractivity contribution in [1.82, 2.24) is 9.69 Å². The summed E-state index contributed by atoms with van der Waals surface area (Å²) in [5.41, 5.74) is 10.8. The Bertz CT molecular complexity index is 1530. The summed E-state index contributed by atoms with van der Waals surface area (Å²) in [7, 11) is 1.58. The number of aryl methyl sites for hydroxylation is 2. The van der Waals surface area contributed by atoms with E-state index in [1.165, 1.54) is 17.0 Å². The van der Waals surface area contributed by atoms with Crippen LogP contribution in [-0.2, 0) is 4.79 Å². The van der Waals surface area contributed by atoms with Crippen molar-refractivity contribution in [2.75, 3.05) is 17.7 Å². The second-order valence-corrected chi connectivity index (χ2v) is 11.2. The number of nitrogens with one attached hydrogen (secondary N) is 1. The molecule has 9 heteroatoms. The molecule has 0 spiro atoms. The molecular formula is C32H33FN4O3S. The van der Waals surface area contributed by atoms with E-state index in [0.717, 1.165) is 48.3 Å². The van der Waals surface area contributed by atoms with Gasteiger partial charge in [0, 0.05) is 17.3 Å². The number of hydrogen-bond donors (Lipinski definition) is 2. The van der Waals surface area contributed by atoms with Gasteiger partial charge in [-0.2, -0.15) is 4.37 Å². The molecule has 1 aliphatic rings. The van der Waals surface area contributed by atoms with Gasteiger partial charge >= 0.3 is 0 Å². The normalized spacial score (nSPS) is 14.0. The number of benzene rings is 3. The maximum atomic E-state index is 14.5. The summed E-state index contributed by atoms with van der Waals surface area (Å²) in [6.07, 6.45) is 3.92. The Hall–Kier alpha value is -4.24. The molecule has 3 aromatic carbocycles. The molecule has 1 fully saturated rings. The summed E-state index contributed by atoms with van der Waals surface area (Å²) in [5.74, 6) is -0.448. The molecule has 0 saturated heterocycles. The Morgan fingerprint density at radius 3 is 2.27 bits per heavy atom. The van der Waals surface area contributed by atoms with Gasteiger partial charge in [-0.15, -0.1) is 0 Å². The predicted molar refractivity (Wildman–Crippen MR) is 161 cm³/mol. The maximum absolute atomic E-state index is 14.5. The van der Waals surface area contributed by atoms with Crippen molar-refractivity contribution in [2.45, 2.75) is 51.6 Å². The minimum atomic E-state index is -0.981. The fourth-order valence-corrected chi connectivity index (χ4v) is 6.16. The van der Waals surface area contributed by atoms with Crippen LogP contribution in [0.5, 0.6) is 5.75 Å². The molecule has 5 rings (SSSR count). The average molecular weight is 573 g/mol. The van der Waals surface area contributed by atoms with Crippen LogP contribution >= 0.6 is 11.5 Å². The zero-order valence-electron chi connectivity index (χ0n) is 23.3. The molecule has 0 bridgehead atoms. The number of nitrogens with two attached hydrogens (primary N) is 1. The Balaban J connectivity index is 1.64. The fraction of sp³-hybridized carbons (Fsp3) is 0.281. The van der Waals surface area contributed by atoms with Crippen molar-refractivity contribution < 1.29 is 18.7 Å². The summed E-state index contributed by atoms with van der Waals surface area (Å²) in [6.45, 7) is 3.90. The highest BCUT2D eigenvalue weighted by atomic mass is 32.1. The van der Waals surface area contributed by atoms with E-state index in [-0.39, 0.29) is 28.3 Å². The standard InChI is InChI=1S/C32H33FN4O3S/c1-19-16-20(2)18-25(17-19)37(32(39)30-27(34)28(36-41-30)21-8-12-23(33)13-9-21)29(22-10-14-26(40-3)15-11-22)31(38)35-24-6-4-5-7-24/h8-18,24,29H,4-7,34H2,1-3H3,(H,35,38)/t29-/m1/s1. The fourth-order valence-electron chi connectivity index (χ4n) is 5.40. The number of rotatable bonds is 8. The number of anilines is 2. The van der Waals surface area contributed by atoms with E-state index in [2.05, 4.69) is 9.69 Å². The van der Waals surface area contributed by atoms with Gasteiger partial charge in [0.1, 0.15) is 28.2 Å². The average Bonchev–Trinajstić information content (AvgIpc) is 3.61. The minimum absolute atomic E-state index is 0.0537. The van der Waals surface area contributed by atoms with Crippen LogP contribution in [0.15, 0.2) is 66.7 Å². The third-order valence-electron chi connectivity index (χ3n) is 7.38. The Morgan fingerprint density at radius 1 is 1.02 bits per heavy atom. The second kappa shape index (κ2) is 12.1. The molecule has 1 saturated carbocycles. The third-order valence-corrected chi connectivity index (χ3v) is 8.23. The molecule has 0 radical (unpaired) electrons. The Morgan fingerprint density at radius 2 is 1.66 bits per heavy atom. The van der Waals surface area contributed by atoms with Crippen LogP contribution in [0.2, 0.25) is 0 Å². The van der Waals surface area contributed by atoms with Crippen LogP contribution in [0.25, 0.3) is 11.3 Å². The molecule has 2 amide bonds. The number of nitrogens with zero attached hydrogens (tertiary/aromatic N) is 2. The van der Waals surface area contributed by atoms with Crippen molar-refractivity contribution in [2.24, 2.45) is 0 Å². The lowest BCUT2D eigenvalue weighted by Gasteiger charge is -2.32. The van der Waals surface area contributed by atoms with Crippen molar-refractivity contribution in [3.8, 4) is 17.0 Å². The van der Waals surface area contributed by atoms with E-state index in [0.29, 0.717) is 28.3 Å². The first-order chi connectivity index (χ1) is 19.7. The first kappa shape index (κ1) is 28.3. The van der Waals surface area contributed by atoms with Crippen molar-refractivity contribution >= 4 is 34.7 Å². The number of amides is 2. The number of methoxy groups -OCH3 is 1. The first-order valence-electron chi connectivity index (χ1n) is 13.6. The van der Waals surface area contributed by atoms with E-state index in [4.69, 9.17) is 10.5 Å². The monoisotopic (exact) mass is 572 g/mol. The summed E-state index contributed by atoms with van der Waals surface area (Å²) in [5, 5.41) is 3.20. The Labute approximate surface area is 243 Å². The number of carbonyl (C=O) groups is 2. The van der Waals surface area contributed by atoms with Gasteiger partial charge < -0.3 is 15.8 Å². The summed E-state index contributed by atoms with van der Waals surface area (Å²) in [4.78, 5) is 30.3. The van der Waals surface area contributed by atoms with Gasteiger partial charge in [-0.1, -0.05) is 31.0 Å². The van der Waals surface area contributed by atoms with Gasteiger partial charge in [0.15, 0.2) is 0 Å². The van der Waals surface area contributed by atoms with E-state index >= 15 is 0 Å². The topological polar surface area (TPSA) is 97.5 Å². The zero-order valence-corrected chi connectivity index (χ0v) is 24.1. The molecule has 7 nitrogen and oxygen atoms in total. The van der Waals surface area contributed by atoms with Gasteiger partial charge in [0.2, 0.25) is 5.91 Å². The van der Waals surface area contributed by atoms with Crippen LogP contribution < -0.4 is 20.7 Å². The van der Waals surface area contributed by atoms with Crippen LogP contribution in [0.1, 0.15) is 58.1 Å². The van der Waals surface area contributed by atoms with Crippen LogP contribution in [0.4, 0.5) is 15.8 Å². The van der Waals surface area contributed by atoms with Crippen molar-refractivity contribution in [3.05, 3.63) is 94.1 Å². The maximum Gasteiger partial charge on any atom is 0.273 e. The Kier molecular flexibility index (Phi) is 8.35. The smallest absolute Gasteiger partial charge is 0.273 e. The molecule has 1 atom stereocenters. The second-order valence-electron chi connectivity index (χ2n) is 10.5. The number of carbonyl (C=O) groups excluding carboxylic acids is 2. The molecular weight excluding hydrogens is 539 g/mol. The highest BCUT2D eigenvalue weighted by Crippen LogP contribution is 2.37. The third kappa shape index (κ3) is 6.10. The van der Waals surface area contributed by atoms with Gasteiger partial charge in [-0.3, -0.25) is 14.5 Å². The minimum Gasteiger partial charge on any atom is -0.497 e. The number of aromatic nitrogens is 1. The summed E-state index contributed by atoms with van der Waals surface area (Å²) < 4.78 is 23.4. The van der Waals surface area contributed by atoms with Crippen LogP contribution in [0, 0.1) is 19.7 Å². The molecule has 41 heavy (non-hydrogen) atoms. The SMILES string of the molecule is COc1ccc([C@H](C(=O)NC2CCCC2)N(C(=O)c2snc(-c3ccc(F)cc3)c2N)c2cc(C)cc(C)c2)cc1. The highest BCUT2D eigenvalue weighted by molar-refractivity contribution is 7.09. The first-order valence-corrected chi connectivity index (χ1v) is 14.4. The number of nitrogen functional groups attached to an aromatic ring is 1. The van der Waals surface area contributed by atoms with Gasteiger partial charge in [0.05, 0.1) is 12.8 Å². The van der Waals surface area contributed by atoms with E-state index in [1.807, 2.05) is 32.0 Å². The van der Waals surface area contributed by atoms with E-state index in [1.54, 1.807) is 43.5 Å². The van der Waals surface area contributed by atoms with E-state index < -0.39 is 11.9 Å². The van der Waals surface area contributed by atoms with Crippen molar-refractivity contribution in [1.29, 1.82) is 0 Å². The summed E-state index contributed by atoms with van der Waals surface area (Å²) in [6, 6.07) is 17.8. The predicted octanol–water partition coefficient (Wildman–Crippen LogP) is 6.60. The summed E-state index contributed by atoms with van der Waals surface area (Å²) >= 11 is 0.966. The van der Waals surface area contributed by atoms with Gasteiger partial charge in [-0.05, 0) is 103 Å². The molecule has 212 valence electrons. The molecule has 1 heterocycles. The van der Waals surface area contributed by atoms with Gasteiger partial charge in [-0.25, -0.2) is 4.39 Å². The lowest BCUT2D eigenvalue weighted by molar-refractivity contribution is -0.123. The molecule has 1 aliphatic carbocycles. The number of hydrogen-bond acceptors (Lipinski definition) is 6. The number of ether oxygens (including phenoxy) is 1. The number of halogens is 1. The molecule has 4 aromatic rings. The highest BCUT2D eigenvalue weighted by Gasteiger charge is 2.37. The van der Waals surface area contributed by atoms with E-state index in [9.17, 15) is 14.0 Å². The quantitative estimate of drug-likeness (QED) is 0.248. The van der Waals surface area contributed by atoms with Crippen LogP contribution in [-0.4, -0.2) is 29.3 Å². The van der Waals surface area contributed by atoms with Gasteiger partial charge in [0.25, 0.3) is 5.91 Å².